The first-order chi connectivity index (χ1) is 8.84. The van der Waals surface area contributed by atoms with Crippen molar-refractivity contribution in [3.05, 3.63) is 0 Å². The molecule has 2 N–H and O–H groups in total. The lowest BCUT2D eigenvalue weighted by atomic mass is 10.0. The molecule has 19 heavy (non-hydrogen) atoms. The van der Waals surface area contributed by atoms with Crippen molar-refractivity contribution in [1.82, 2.24) is 10.2 Å². The van der Waals surface area contributed by atoms with E-state index in [9.17, 15) is 14.7 Å². The molecule has 1 rings (SSSR count). The van der Waals surface area contributed by atoms with E-state index >= 15 is 0 Å². The Kier molecular flexibility index (Phi) is 5.79. The molecular formula is C14H26N2O3. The first-order valence-electron chi connectivity index (χ1n) is 7.10. The fraction of sp³-hybridized carbons (Fsp3) is 0.857. The Balaban J connectivity index is 2.54. The lowest BCUT2D eigenvalue weighted by molar-refractivity contribution is -0.145. The molecule has 1 fully saturated rings. The van der Waals surface area contributed by atoms with Crippen molar-refractivity contribution < 1.29 is 14.7 Å². The van der Waals surface area contributed by atoms with E-state index in [1.807, 2.05) is 6.92 Å². The summed E-state index contributed by atoms with van der Waals surface area (Å²) in [7, 11) is 0. The van der Waals surface area contributed by atoms with Gasteiger partial charge in [-0.15, -0.1) is 0 Å². The first kappa shape index (κ1) is 16.0. The smallest absolute Gasteiger partial charge is 0.321 e. The Morgan fingerprint density at radius 1 is 1.37 bits per heavy atom. The second kappa shape index (κ2) is 6.89. The molecule has 0 spiro atoms. The van der Waals surface area contributed by atoms with Crippen LogP contribution in [0.1, 0.15) is 40.5 Å². The maximum atomic E-state index is 12.0. The van der Waals surface area contributed by atoms with E-state index < -0.39 is 12.0 Å². The summed E-state index contributed by atoms with van der Waals surface area (Å²) in [6.07, 6.45) is 1.78. The molecule has 0 aromatic carbocycles. The first-order valence-corrected chi connectivity index (χ1v) is 7.10. The van der Waals surface area contributed by atoms with E-state index in [1.54, 1.807) is 11.8 Å². The van der Waals surface area contributed by atoms with Gasteiger partial charge in [-0.3, -0.25) is 14.5 Å². The Hall–Kier alpha value is -1.10. The molecule has 0 saturated carbocycles. The van der Waals surface area contributed by atoms with Crippen LogP contribution in [0.5, 0.6) is 0 Å². The number of carboxylic acids is 1. The molecule has 1 aliphatic heterocycles. The molecule has 3 unspecified atom stereocenters. The molecule has 110 valence electrons. The van der Waals surface area contributed by atoms with Crippen LogP contribution in [0.2, 0.25) is 0 Å². The van der Waals surface area contributed by atoms with Gasteiger partial charge in [0.2, 0.25) is 5.91 Å². The zero-order valence-corrected chi connectivity index (χ0v) is 12.3. The number of rotatable bonds is 6. The quantitative estimate of drug-likeness (QED) is 0.764. The standard InChI is InChI=1S/C14H26N2O3/c1-9(2)5-7-15-13(17)11(4)16-8-6-10(3)12(16)14(18)19/h9-12H,5-8H2,1-4H3,(H,15,17)(H,18,19). The molecule has 5 nitrogen and oxygen atoms in total. The summed E-state index contributed by atoms with van der Waals surface area (Å²) in [4.78, 5) is 25.1. The summed E-state index contributed by atoms with van der Waals surface area (Å²) in [5.74, 6) is -0.245. The molecule has 0 aromatic heterocycles. The largest absolute Gasteiger partial charge is 0.480 e. The fourth-order valence-electron chi connectivity index (χ4n) is 2.58. The monoisotopic (exact) mass is 270 g/mol. The van der Waals surface area contributed by atoms with Crippen LogP contribution in [-0.4, -0.2) is 47.1 Å². The number of amides is 1. The van der Waals surface area contributed by atoms with Gasteiger partial charge >= 0.3 is 5.97 Å². The second-order valence-electron chi connectivity index (χ2n) is 5.94. The minimum absolute atomic E-state index is 0.0685. The summed E-state index contributed by atoms with van der Waals surface area (Å²) in [5.41, 5.74) is 0. The molecule has 1 heterocycles. The summed E-state index contributed by atoms with van der Waals surface area (Å²) < 4.78 is 0. The molecule has 0 aromatic rings. The molecule has 5 heteroatoms. The van der Waals surface area contributed by atoms with Crippen LogP contribution >= 0.6 is 0 Å². The Morgan fingerprint density at radius 2 is 2.00 bits per heavy atom. The normalized spacial score (nSPS) is 25.5. The highest BCUT2D eigenvalue weighted by Gasteiger charge is 2.40. The predicted molar refractivity (Wildman–Crippen MR) is 73.8 cm³/mol. The van der Waals surface area contributed by atoms with Gasteiger partial charge in [0, 0.05) is 13.1 Å². The molecular weight excluding hydrogens is 244 g/mol. The van der Waals surface area contributed by atoms with Crippen LogP contribution in [0.4, 0.5) is 0 Å². The minimum Gasteiger partial charge on any atom is -0.480 e. The van der Waals surface area contributed by atoms with E-state index in [0.29, 0.717) is 19.0 Å². The third-order valence-electron chi connectivity index (χ3n) is 3.89. The van der Waals surface area contributed by atoms with Gasteiger partial charge < -0.3 is 10.4 Å². The van der Waals surface area contributed by atoms with Crippen LogP contribution < -0.4 is 5.32 Å². The van der Waals surface area contributed by atoms with Gasteiger partial charge in [-0.2, -0.15) is 0 Å². The predicted octanol–water partition coefficient (Wildman–Crippen LogP) is 1.33. The zero-order chi connectivity index (χ0) is 14.6. The number of hydrogen-bond acceptors (Lipinski definition) is 3. The number of nitrogens with zero attached hydrogens (tertiary/aromatic N) is 1. The average molecular weight is 270 g/mol. The van der Waals surface area contributed by atoms with E-state index in [0.717, 1.165) is 12.8 Å². The van der Waals surface area contributed by atoms with Gasteiger partial charge in [-0.25, -0.2) is 0 Å². The zero-order valence-electron chi connectivity index (χ0n) is 12.3. The number of hydrogen-bond donors (Lipinski definition) is 2. The van der Waals surface area contributed by atoms with Gasteiger partial charge in [0.25, 0.3) is 0 Å². The fourth-order valence-corrected chi connectivity index (χ4v) is 2.58. The average Bonchev–Trinajstić information content (AvgIpc) is 2.69. The van der Waals surface area contributed by atoms with Gasteiger partial charge in [0.15, 0.2) is 0 Å². The Labute approximate surface area is 115 Å². The van der Waals surface area contributed by atoms with Gasteiger partial charge in [-0.1, -0.05) is 20.8 Å². The maximum absolute atomic E-state index is 12.0. The van der Waals surface area contributed by atoms with E-state index in [1.165, 1.54) is 0 Å². The van der Waals surface area contributed by atoms with Crippen LogP contribution in [-0.2, 0) is 9.59 Å². The third kappa shape index (κ3) is 4.20. The van der Waals surface area contributed by atoms with Gasteiger partial charge in [0.1, 0.15) is 6.04 Å². The van der Waals surface area contributed by atoms with Crippen LogP contribution in [0.25, 0.3) is 0 Å². The molecule has 0 bridgehead atoms. The van der Waals surface area contributed by atoms with Crippen molar-refractivity contribution >= 4 is 11.9 Å². The summed E-state index contributed by atoms with van der Waals surface area (Å²) in [5, 5.41) is 12.2. The summed E-state index contributed by atoms with van der Waals surface area (Å²) in [6, 6.07) is -0.913. The van der Waals surface area contributed by atoms with Crippen molar-refractivity contribution in [2.45, 2.75) is 52.6 Å². The highest BCUT2D eigenvalue weighted by Crippen LogP contribution is 2.26. The number of carbonyl (C=O) groups excluding carboxylic acids is 1. The van der Waals surface area contributed by atoms with Crippen molar-refractivity contribution in [3.63, 3.8) is 0 Å². The SMILES string of the molecule is CC(C)CCNC(=O)C(C)N1CCC(C)C1C(=O)O. The van der Waals surface area contributed by atoms with Crippen LogP contribution in [0.3, 0.4) is 0 Å². The minimum atomic E-state index is -0.827. The van der Waals surface area contributed by atoms with Gasteiger partial charge in [-0.05, 0) is 31.6 Å². The second-order valence-corrected chi connectivity index (χ2v) is 5.94. The lowest BCUT2D eigenvalue weighted by Gasteiger charge is -2.28. The van der Waals surface area contributed by atoms with E-state index in [-0.39, 0.29) is 17.9 Å². The maximum Gasteiger partial charge on any atom is 0.321 e. The number of carbonyl (C=O) groups is 2. The van der Waals surface area contributed by atoms with E-state index in [2.05, 4.69) is 19.2 Å². The molecule has 0 radical (unpaired) electrons. The van der Waals surface area contributed by atoms with Gasteiger partial charge in [0.05, 0.1) is 6.04 Å². The molecule has 3 atom stereocenters. The van der Waals surface area contributed by atoms with E-state index in [4.69, 9.17) is 0 Å². The third-order valence-corrected chi connectivity index (χ3v) is 3.89. The molecule has 0 aliphatic carbocycles. The van der Waals surface area contributed by atoms with Crippen molar-refractivity contribution in [1.29, 1.82) is 0 Å². The number of nitrogens with one attached hydrogen (secondary N) is 1. The van der Waals surface area contributed by atoms with Crippen LogP contribution in [0.15, 0.2) is 0 Å². The topological polar surface area (TPSA) is 69.6 Å². The summed E-state index contributed by atoms with van der Waals surface area (Å²) in [6.45, 7) is 9.27. The summed E-state index contributed by atoms with van der Waals surface area (Å²) >= 11 is 0. The van der Waals surface area contributed by atoms with Crippen molar-refractivity contribution in [3.8, 4) is 0 Å². The lowest BCUT2D eigenvalue weighted by Crippen LogP contribution is -2.50. The highest BCUT2D eigenvalue weighted by molar-refractivity contribution is 5.83. The Morgan fingerprint density at radius 3 is 2.53 bits per heavy atom. The number of likely N-dealkylation sites (tertiary alicyclic amines) is 1. The molecule has 1 saturated heterocycles. The number of aliphatic carboxylic acids is 1. The van der Waals surface area contributed by atoms with Crippen molar-refractivity contribution in [2.24, 2.45) is 11.8 Å². The molecule has 1 aliphatic rings. The van der Waals surface area contributed by atoms with Crippen LogP contribution in [0, 0.1) is 11.8 Å². The number of carboxylic acid groups (broad SMARTS) is 1. The van der Waals surface area contributed by atoms with Crippen molar-refractivity contribution in [2.75, 3.05) is 13.1 Å². The molecule has 1 amide bonds. The highest BCUT2D eigenvalue weighted by atomic mass is 16.4. The Bertz CT molecular complexity index is 331.